The van der Waals surface area contributed by atoms with E-state index in [1.54, 1.807) is 0 Å². The molecule has 1 fully saturated rings. The maximum Gasteiger partial charge on any atom is 0.223 e. The highest BCUT2D eigenvalue weighted by Gasteiger charge is 2.27. The van der Waals surface area contributed by atoms with Crippen LogP contribution in [-0.4, -0.2) is 11.4 Å². The van der Waals surface area contributed by atoms with Crippen molar-refractivity contribution < 1.29 is 4.79 Å². The van der Waals surface area contributed by atoms with Gasteiger partial charge in [-0.15, -0.1) is 0 Å². The first-order chi connectivity index (χ1) is 6.92. The SMILES string of the molecule is CC[C@H]1CC[C@@H](C(=O)NC(C)(C)C)CC1. The number of carbonyl (C=O) groups is 1. The van der Waals surface area contributed by atoms with Crippen molar-refractivity contribution in [3.8, 4) is 0 Å². The molecule has 0 aromatic rings. The van der Waals surface area contributed by atoms with E-state index >= 15 is 0 Å². The molecule has 0 saturated heterocycles. The van der Waals surface area contributed by atoms with Crippen LogP contribution < -0.4 is 5.32 Å². The Morgan fingerprint density at radius 3 is 2.13 bits per heavy atom. The van der Waals surface area contributed by atoms with Crippen molar-refractivity contribution in [2.75, 3.05) is 0 Å². The first kappa shape index (κ1) is 12.5. The third kappa shape index (κ3) is 4.23. The molecule has 1 rings (SSSR count). The molecule has 0 aromatic carbocycles. The molecule has 0 radical (unpaired) electrons. The van der Waals surface area contributed by atoms with Crippen LogP contribution in [0.1, 0.15) is 59.8 Å². The predicted molar refractivity (Wildman–Crippen MR) is 63.6 cm³/mol. The number of amides is 1. The monoisotopic (exact) mass is 211 g/mol. The fraction of sp³-hybridized carbons (Fsp3) is 0.923. The van der Waals surface area contributed by atoms with Gasteiger partial charge in [0.05, 0.1) is 0 Å². The second-order valence-electron chi connectivity index (χ2n) is 5.87. The van der Waals surface area contributed by atoms with Crippen LogP contribution in [-0.2, 0) is 4.79 Å². The van der Waals surface area contributed by atoms with E-state index in [1.165, 1.54) is 19.3 Å². The maximum absolute atomic E-state index is 11.9. The zero-order valence-electron chi connectivity index (χ0n) is 10.6. The summed E-state index contributed by atoms with van der Waals surface area (Å²) in [6.07, 6.45) is 5.91. The van der Waals surface area contributed by atoms with Gasteiger partial charge in [0.15, 0.2) is 0 Å². The van der Waals surface area contributed by atoms with Gasteiger partial charge in [-0.3, -0.25) is 4.79 Å². The highest BCUT2D eigenvalue weighted by atomic mass is 16.2. The third-order valence-electron chi connectivity index (χ3n) is 3.29. The number of nitrogens with one attached hydrogen (secondary N) is 1. The average Bonchev–Trinajstić information content (AvgIpc) is 2.15. The van der Waals surface area contributed by atoms with Crippen molar-refractivity contribution in [1.82, 2.24) is 5.32 Å². The summed E-state index contributed by atoms with van der Waals surface area (Å²) in [5.74, 6) is 1.40. The van der Waals surface area contributed by atoms with Crippen LogP contribution in [0.3, 0.4) is 0 Å². The quantitative estimate of drug-likeness (QED) is 0.747. The molecule has 1 amide bonds. The number of carbonyl (C=O) groups excluding carboxylic acids is 1. The van der Waals surface area contributed by atoms with Gasteiger partial charge < -0.3 is 5.32 Å². The Kier molecular flexibility index (Phi) is 4.18. The molecule has 1 aliphatic rings. The van der Waals surface area contributed by atoms with E-state index < -0.39 is 0 Å². The Hall–Kier alpha value is -0.530. The molecule has 88 valence electrons. The Morgan fingerprint density at radius 2 is 1.73 bits per heavy atom. The largest absolute Gasteiger partial charge is 0.351 e. The molecule has 0 aliphatic heterocycles. The smallest absolute Gasteiger partial charge is 0.223 e. The molecule has 1 N–H and O–H groups in total. The summed E-state index contributed by atoms with van der Waals surface area (Å²) in [5, 5.41) is 3.08. The van der Waals surface area contributed by atoms with Crippen LogP contribution in [0.25, 0.3) is 0 Å². The molecule has 0 aromatic heterocycles. The second-order valence-corrected chi connectivity index (χ2v) is 5.87. The normalized spacial score (nSPS) is 27.5. The van der Waals surface area contributed by atoms with Gasteiger partial charge in [-0.1, -0.05) is 13.3 Å². The summed E-state index contributed by atoms with van der Waals surface area (Å²) in [5.41, 5.74) is -0.0846. The van der Waals surface area contributed by atoms with E-state index in [-0.39, 0.29) is 17.4 Å². The van der Waals surface area contributed by atoms with Crippen molar-refractivity contribution in [2.24, 2.45) is 11.8 Å². The Labute approximate surface area is 93.8 Å². The van der Waals surface area contributed by atoms with Crippen LogP contribution in [0.15, 0.2) is 0 Å². The van der Waals surface area contributed by atoms with Crippen molar-refractivity contribution in [3.63, 3.8) is 0 Å². The van der Waals surface area contributed by atoms with E-state index in [0.717, 1.165) is 18.8 Å². The molecule has 1 aliphatic carbocycles. The van der Waals surface area contributed by atoms with Crippen LogP contribution in [0.5, 0.6) is 0 Å². The molecular weight excluding hydrogens is 186 g/mol. The second kappa shape index (κ2) is 5.00. The van der Waals surface area contributed by atoms with Crippen LogP contribution >= 0.6 is 0 Å². The number of rotatable bonds is 2. The average molecular weight is 211 g/mol. The summed E-state index contributed by atoms with van der Waals surface area (Å²) in [7, 11) is 0. The molecule has 0 atom stereocenters. The van der Waals surface area contributed by atoms with Gasteiger partial charge in [0, 0.05) is 11.5 Å². The summed E-state index contributed by atoms with van der Waals surface area (Å²) >= 11 is 0. The molecule has 0 bridgehead atoms. The number of hydrogen-bond donors (Lipinski definition) is 1. The molecule has 2 nitrogen and oxygen atoms in total. The minimum absolute atomic E-state index is 0.0846. The minimum atomic E-state index is -0.0846. The van der Waals surface area contributed by atoms with Gasteiger partial charge in [-0.2, -0.15) is 0 Å². The van der Waals surface area contributed by atoms with Gasteiger partial charge in [0.2, 0.25) is 5.91 Å². The molecule has 0 spiro atoms. The fourth-order valence-electron chi connectivity index (χ4n) is 2.30. The highest BCUT2D eigenvalue weighted by molar-refractivity contribution is 5.79. The van der Waals surface area contributed by atoms with E-state index in [9.17, 15) is 4.79 Å². The summed E-state index contributed by atoms with van der Waals surface area (Å²) in [6.45, 7) is 8.38. The van der Waals surface area contributed by atoms with Crippen LogP contribution in [0.4, 0.5) is 0 Å². The lowest BCUT2D eigenvalue weighted by Crippen LogP contribution is -2.44. The molecule has 1 saturated carbocycles. The van der Waals surface area contributed by atoms with Crippen LogP contribution in [0.2, 0.25) is 0 Å². The topological polar surface area (TPSA) is 29.1 Å². The van der Waals surface area contributed by atoms with E-state index in [1.807, 2.05) is 20.8 Å². The van der Waals surface area contributed by atoms with Gasteiger partial charge >= 0.3 is 0 Å². The van der Waals surface area contributed by atoms with Gasteiger partial charge in [-0.25, -0.2) is 0 Å². The first-order valence-corrected chi connectivity index (χ1v) is 6.24. The summed E-state index contributed by atoms with van der Waals surface area (Å²) in [6, 6.07) is 0. The zero-order valence-corrected chi connectivity index (χ0v) is 10.6. The number of hydrogen-bond acceptors (Lipinski definition) is 1. The van der Waals surface area contributed by atoms with Gasteiger partial charge in [0.1, 0.15) is 0 Å². The fourth-order valence-corrected chi connectivity index (χ4v) is 2.30. The Morgan fingerprint density at radius 1 is 1.20 bits per heavy atom. The molecule has 0 heterocycles. The lowest BCUT2D eigenvalue weighted by Gasteiger charge is -2.30. The van der Waals surface area contributed by atoms with Gasteiger partial charge in [-0.05, 0) is 52.4 Å². The lowest BCUT2D eigenvalue weighted by atomic mass is 9.80. The highest BCUT2D eigenvalue weighted by Crippen LogP contribution is 2.30. The van der Waals surface area contributed by atoms with E-state index in [0.29, 0.717) is 0 Å². The molecule has 0 unspecified atom stereocenters. The lowest BCUT2D eigenvalue weighted by molar-refractivity contribution is -0.127. The Bertz CT molecular complexity index is 209. The standard InChI is InChI=1S/C13H25NO/c1-5-10-6-8-11(9-7-10)12(15)14-13(2,3)4/h10-11H,5-9H2,1-4H3,(H,14,15)/t10-,11+. The molecular formula is C13H25NO. The third-order valence-corrected chi connectivity index (χ3v) is 3.29. The van der Waals surface area contributed by atoms with Crippen molar-refractivity contribution >= 4 is 5.91 Å². The summed E-state index contributed by atoms with van der Waals surface area (Å²) < 4.78 is 0. The minimum Gasteiger partial charge on any atom is -0.351 e. The first-order valence-electron chi connectivity index (χ1n) is 6.24. The predicted octanol–water partition coefficient (Wildman–Crippen LogP) is 3.12. The molecule has 15 heavy (non-hydrogen) atoms. The molecule has 2 heteroatoms. The van der Waals surface area contributed by atoms with Crippen molar-refractivity contribution in [2.45, 2.75) is 65.3 Å². The summed E-state index contributed by atoms with van der Waals surface area (Å²) in [4.78, 5) is 11.9. The Balaban J connectivity index is 2.37. The zero-order chi connectivity index (χ0) is 11.5. The van der Waals surface area contributed by atoms with Gasteiger partial charge in [0.25, 0.3) is 0 Å². The van der Waals surface area contributed by atoms with E-state index in [4.69, 9.17) is 0 Å². The van der Waals surface area contributed by atoms with Crippen molar-refractivity contribution in [3.05, 3.63) is 0 Å². The maximum atomic E-state index is 11.9. The van der Waals surface area contributed by atoms with Crippen molar-refractivity contribution in [1.29, 1.82) is 0 Å². The van der Waals surface area contributed by atoms with E-state index in [2.05, 4.69) is 12.2 Å². The van der Waals surface area contributed by atoms with Crippen LogP contribution in [0, 0.1) is 11.8 Å².